The molecular formula is C12H14INO2. The number of nitrogens with one attached hydrogen (secondary N) is 1. The van der Waals surface area contributed by atoms with Crippen LogP contribution in [0.5, 0.6) is 0 Å². The van der Waals surface area contributed by atoms with E-state index in [1.807, 2.05) is 24.3 Å². The monoisotopic (exact) mass is 331 g/mol. The zero-order valence-corrected chi connectivity index (χ0v) is 11.1. The maximum absolute atomic E-state index is 11.8. The van der Waals surface area contributed by atoms with Crippen LogP contribution in [0.2, 0.25) is 0 Å². The van der Waals surface area contributed by atoms with Gasteiger partial charge in [-0.3, -0.25) is 4.79 Å². The molecule has 1 N–H and O–H groups in total. The smallest absolute Gasteiger partial charge is 0.251 e. The van der Waals surface area contributed by atoms with E-state index in [1.54, 1.807) is 0 Å². The van der Waals surface area contributed by atoms with Crippen molar-refractivity contribution in [1.82, 2.24) is 5.32 Å². The third-order valence-corrected chi connectivity index (χ3v) is 3.27. The highest BCUT2D eigenvalue weighted by molar-refractivity contribution is 14.1. The number of rotatable bonds is 3. The SMILES string of the molecule is O=C(NC[C@H]1CCCO1)c1cccc(I)c1. The Morgan fingerprint density at radius 1 is 1.56 bits per heavy atom. The molecule has 1 atom stereocenters. The molecule has 16 heavy (non-hydrogen) atoms. The van der Waals surface area contributed by atoms with E-state index >= 15 is 0 Å². The van der Waals surface area contributed by atoms with Crippen molar-refractivity contribution in [1.29, 1.82) is 0 Å². The summed E-state index contributed by atoms with van der Waals surface area (Å²) in [5, 5.41) is 2.90. The van der Waals surface area contributed by atoms with Gasteiger partial charge in [0.2, 0.25) is 0 Å². The molecule has 0 aliphatic carbocycles. The third-order valence-electron chi connectivity index (χ3n) is 2.60. The van der Waals surface area contributed by atoms with Crippen molar-refractivity contribution >= 4 is 28.5 Å². The van der Waals surface area contributed by atoms with Crippen molar-refractivity contribution in [3.63, 3.8) is 0 Å². The number of amides is 1. The zero-order chi connectivity index (χ0) is 11.4. The van der Waals surface area contributed by atoms with Gasteiger partial charge in [0.05, 0.1) is 6.10 Å². The Morgan fingerprint density at radius 3 is 3.12 bits per heavy atom. The van der Waals surface area contributed by atoms with E-state index in [0.29, 0.717) is 12.1 Å². The lowest BCUT2D eigenvalue weighted by molar-refractivity contribution is 0.0857. The molecule has 1 saturated heterocycles. The predicted molar refractivity (Wildman–Crippen MR) is 70.5 cm³/mol. The molecule has 1 aliphatic rings. The van der Waals surface area contributed by atoms with Crippen LogP contribution in [-0.2, 0) is 4.74 Å². The summed E-state index contributed by atoms with van der Waals surface area (Å²) in [6, 6.07) is 7.57. The quantitative estimate of drug-likeness (QED) is 0.863. The second-order valence-electron chi connectivity index (χ2n) is 3.86. The normalized spacial score (nSPS) is 19.7. The molecule has 0 unspecified atom stereocenters. The fourth-order valence-electron chi connectivity index (χ4n) is 1.74. The van der Waals surface area contributed by atoms with Crippen LogP contribution in [0.1, 0.15) is 23.2 Å². The van der Waals surface area contributed by atoms with Gasteiger partial charge < -0.3 is 10.1 Å². The van der Waals surface area contributed by atoms with E-state index in [4.69, 9.17) is 4.74 Å². The second-order valence-corrected chi connectivity index (χ2v) is 5.10. The van der Waals surface area contributed by atoms with Crippen LogP contribution in [0.15, 0.2) is 24.3 Å². The van der Waals surface area contributed by atoms with Gasteiger partial charge in [-0.05, 0) is 53.6 Å². The van der Waals surface area contributed by atoms with Gasteiger partial charge in [-0.2, -0.15) is 0 Å². The lowest BCUT2D eigenvalue weighted by Gasteiger charge is -2.10. The van der Waals surface area contributed by atoms with Gasteiger partial charge in [0, 0.05) is 22.3 Å². The van der Waals surface area contributed by atoms with Gasteiger partial charge in [-0.25, -0.2) is 0 Å². The van der Waals surface area contributed by atoms with Crippen molar-refractivity contribution in [3.8, 4) is 0 Å². The number of carbonyl (C=O) groups excluding carboxylic acids is 1. The molecule has 1 heterocycles. The molecule has 1 fully saturated rings. The summed E-state index contributed by atoms with van der Waals surface area (Å²) in [4.78, 5) is 11.8. The number of ether oxygens (including phenoxy) is 1. The fraction of sp³-hybridized carbons (Fsp3) is 0.417. The summed E-state index contributed by atoms with van der Waals surface area (Å²) >= 11 is 2.20. The molecule has 1 amide bonds. The first-order valence-corrected chi connectivity index (χ1v) is 6.49. The largest absolute Gasteiger partial charge is 0.376 e. The minimum atomic E-state index is -0.0194. The summed E-state index contributed by atoms with van der Waals surface area (Å²) in [6.45, 7) is 1.44. The minimum Gasteiger partial charge on any atom is -0.376 e. The predicted octanol–water partition coefficient (Wildman–Crippen LogP) is 2.20. The Bertz CT molecular complexity index is 375. The maximum atomic E-state index is 11.8. The van der Waals surface area contributed by atoms with Crippen LogP contribution >= 0.6 is 22.6 Å². The third kappa shape index (κ3) is 3.18. The summed E-state index contributed by atoms with van der Waals surface area (Å²) < 4.78 is 6.52. The summed E-state index contributed by atoms with van der Waals surface area (Å²) in [7, 11) is 0. The van der Waals surface area contributed by atoms with Crippen molar-refractivity contribution in [3.05, 3.63) is 33.4 Å². The molecular weight excluding hydrogens is 317 g/mol. The van der Waals surface area contributed by atoms with Crippen LogP contribution in [-0.4, -0.2) is 25.2 Å². The number of halogens is 1. The maximum Gasteiger partial charge on any atom is 0.251 e. The molecule has 86 valence electrons. The highest BCUT2D eigenvalue weighted by Gasteiger charge is 2.16. The van der Waals surface area contributed by atoms with Crippen molar-refractivity contribution < 1.29 is 9.53 Å². The number of hydrogen-bond donors (Lipinski definition) is 1. The summed E-state index contributed by atoms with van der Waals surface area (Å²) in [5.41, 5.74) is 0.713. The van der Waals surface area contributed by atoms with Crippen LogP contribution in [0.25, 0.3) is 0 Å². The summed E-state index contributed by atoms with van der Waals surface area (Å²) in [6.07, 6.45) is 2.35. The highest BCUT2D eigenvalue weighted by Crippen LogP contribution is 2.11. The Hall–Kier alpha value is -0.620. The van der Waals surface area contributed by atoms with E-state index in [0.717, 1.165) is 23.0 Å². The number of benzene rings is 1. The molecule has 4 heteroatoms. The van der Waals surface area contributed by atoms with E-state index in [9.17, 15) is 4.79 Å². The van der Waals surface area contributed by atoms with E-state index < -0.39 is 0 Å². The number of carbonyl (C=O) groups is 1. The molecule has 1 aromatic carbocycles. The van der Waals surface area contributed by atoms with Gasteiger partial charge in [-0.1, -0.05) is 6.07 Å². The van der Waals surface area contributed by atoms with Crippen LogP contribution in [0, 0.1) is 3.57 Å². The molecule has 0 bridgehead atoms. The van der Waals surface area contributed by atoms with Crippen molar-refractivity contribution in [2.75, 3.05) is 13.2 Å². The van der Waals surface area contributed by atoms with Crippen LogP contribution < -0.4 is 5.32 Å². The average Bonchev–Trinajstić information content (AvgIpc) is 2.78. The van der Waals surface area contributed by atoms with Crippen LogP contribution in [0.3, 0.4) is 0 Å². The van der Waals surface area contributed by atoms with Crippen molar-refractivity contribution in [2.24, 2.45) is 0 Å². The Morgan fingerprint density at radius 2 is 2.44 bits per heavy atom. The number of hydrogen-bond acceptors (Lipinski definition) is 2. The zero-order valence-electron chi connectivity index (χ0n) is 8.91. The first kappa shape index (κ1) is 11.9. The standard InChI is InChI=1S/C12H14INO2/c13-10-4-1-3-9(7-10)12(15)14-8-11-5-2-6-16-11/h1,3-4,7,11H,2,5-6,8H2,(H,14,15)/t11-/m1/s1. The topological polar surface area (TPSA) is 38.3 Å². The van der Waals surface area contributed by atoms with Gasteiger partial charge in [0.25, 0.3) is 5.91 Å². The van der Waals surface area contributed by atoms with Gasteiger partial charge in [-0.15, -0.1) is 0 Å². The fourth-order valence-corrected chi connectivity index (χ4v) is 2.29. The first-order chi connectivity index (χ1) is 7.75. The minimum absolute atomic E-state index is 0.0194. The molecule has 1 aromatic rings. The van der Waals surface area contributed by atoms with Crippen molar-refractivity contribution in [2.45, 2.75) is 18.9 Å². The molecule has 0 aromatic heterocycles. The lowest BCUT2D eigenvalue weighted by atomic mass is 10.2. The van der Waals surface area contributed by atoms with E-state index in [1.165, 1.54) is 0 Å². The molecule has 3 nitrogen and oxygen atoms in total. The second kappa shape index (κ2) is 5.63. The van der Waals surface area contributed by atoms with E-state index in [-0.39, 0.29) is 12.0 Å². The van der Waals surface area contributed by atoms with Gasteiger partial charge in [0.1, 0.15) is 0 Å². The van der Waals surface area contributed by atoms with Crippen LogP contribution in [0.4, 0.5) is 0 Å². The molecule has 0 radical (unpaired) electrons. The van der Waals surface area contributed by atoms with E-state index in [2.05, 4.69) is 27.9 Å². The van der Waals surface area contributed by atoms with Gasteiger partial charge >= 0.3 is 0 Å². The molecule has 1 aliphatic heterocycles. The highest BCUT2D eigenvalue weighted by atomic mass is 127. The molecule has 0 saturated carbocycles. The molecule has 2 rings (SSSR count). The Kier molecular flexibility index (Phi) is 4.17. The lowest BCUT2D eigenvalue weighted by Crippen LogP contribution is -2.31. The van der Waals surface area contributed by atoms with Gasteiger partial charge in [0.15, 0.2) is 0 Å². The molecule has 0 spiro atoms. The average molecular weight is 331 g/mol. The Balaban J connectivity index is 1.87. The Labute approximate surface area is 109 Å². The first-order valence-electron chi connectivity index (χ1n) is 5.41. The summed E-state index contributed by atoms with van der Waals surface area (Å²) in [5.74, 6) is -0.0194.